The first-order valence-corrected chi connectivity index (χ1v) is 8.66. The van der Waals surface area contributed by atoms with E-state index in [1.165, 1.54) is 6.07 Å². The predicted octanol–water partition coefficient (Wildman–Crippen LogP) is 1.84. The highest BCUT2D eigenvalue weighted by atomic mass is 16.5. The summed E-state index contributed by atoms with van der Waals surface area (Å²) in [4.78, 5) is 11.1. The molecule has 0 spiro atoms. The normalized spacial score (nSPS) is 13.2. The van der Waals surface area contributed by atoms with Gasteiger partial charge in [0, 0.05) is 24.2 Å². The lowest BCUT2D eigenvalue weighted by atomic mass is 10.0. The van der Waals surface area contributed by atoms with Crippen molar-refractivity contribution < 1.29 is 19.7 Å². The van der Waals surface area contributed by atoms with Crippen molar-refractivity contribution >= 4 is 5.91 Å². The molecule has 0 aliphatic carbocycles. The molecule has 0 bridgehead atoms. The largest absolute Gasteiger partial charge is 0.508 e. The molecule has 0 saturated carbocycles. The van der Waals surface area contributed by atoms with Gasteiger partial charge in [0.2, 0.25) is 5.91 Å². The molecule has 0 aliphatic heterocycles. The van der Waals surface area contributed by atoms with E-state index in [9.17, 15) is 15.0 Å². The fourth-order valence-electron chi connectivity index (χ4n) is 2.48. The van der Waals surface area contributed by atoms with Gasteiger partial charge >= 0.3 is 0 Å². The smallest absolute Gasteiger partial charge is 0.248 e. The number of phenols is 1. The van der Waals surface area contributed by atoms with E-state index < -0.39 is 12.0 Å². The number of aliphatic hydroxyl groups excluding tert-OH is 1. The minimum atomic E-state index is -0.644. The number of phenolic OH excluding ortho intramolecular Hbond substituents is 1. The zero-order valence-electron chi connectivity index (χ0n) is 14.9. The molecule has 1 unspecified atom stereocenters. The molecule has 0 heterocycles. The Bertz CT molecular complexity index is 703. The van der Waals surface area contributed by atoms with Gasteiger partial charge in [-0.15, -0.1) is 0 Å². The fraction of sp³-hybridized carbons (Fsp3) is 0.350. The van der Waals surface area contributed by atoms with E-state index in [4.69, 9.17) is 10.5 Å². The summed E-state index contributed by atoms with van der Waals surface area (Å²) < 4.78 is 5.45. The molecule has 2 rings (SSSR count). The maximum Gasteiger partial charge on any atom is 0.248 e. The van der Waals surface area contributed by atoms with Crippen molar-refractivity contribution in [3.63, 3.8) is 0 Å². The number of hydrogen-bond acceptors (Lipinski definition) is 5. The van der Waals surface area contributed by atoms with Gasteiger partial charge in [0.25, 0.3) is 0 Å². The quantitative estimate of drug-likeness (QED) is 0.519. The van der Waals surface area contributed by atoms with Gasteiger partial charge in [0.15, 0.2) is 0 Å². The summed E-state index contributed by atoms with van der Waals surface area (Å²) in [6.07, 6.45) is 1.12. The Hall–Kier alpha value is -2.57. The number of carbonyl (C=O) groups excluding carboxylic acids is 1. The van der Waals surface area contributed by atoms with E-state index in [1.807, 2.05) is 12.1 Å². The highest BCUT2D eigenvalue weighted by molar-refractivity contribution is 5.92. The SMILES string of the molecule is C[C@H](CCc1ccc(C(N)=O)cc1)NCC(O)COc1cccc(O)c1. The van der Waals surface area contributed by atoms with Gasteiger partial charge in [-0.05, 0) is 49.6 Å². The first-order valence-electron chi connectivity index (χ1n) is 8.66. The van der Waals surface area contributed by atoms with E-state index in [-0.39, 0.29) is 18.4 Å². The van der Waals surface area contributed by atoms with Crippen LogP contribution in [0.2, 0.25) is 0 Å². The Balaban J connectivity index is 1.66. The van der Waals surface area contributed by atoms with Crippen molar-refractivity contribution in [2.45, 2.75) is 31.9 Å². The van der Waals surface area contributed by atoms with Gasteiger partial charge < -0.3 is 26.0 Å². The summed E-state index contributed by atoms with van der Waals surface area (Å²) in [6.45, 7) is 2.62. The van der Waals surface area contributed by atoms with E-state index in [0.717, 1.165) is 18.4 Å². The number of primary amides is 1. The molecule has 0 fully saturated rings. The van der Waals surface area contributed by atoms with Crippen molar-refractivity contribution in [2.24, 2.45) is 5.73 Å². The highest BCUT2D eigenvalue weighted by Crippen LogP contribution is 2.17. The molecule has 5 N–H and O–H groups in total. The Kier molecular flexibility index (Phi) is 7.44. The molecule has 2 aromatic carbocycles. The third-order valence-electron chi connectivity index (χ3n) is 4.07. The van der Waals surface area contributed by atoms with Crippen molar-refractivity contribution in [1.82, 2.24) is 5.32 Å². The van der Waals surface area contributed by atoms with Crippen molar-refractivity contribution in [1.29, 1.82) is 0 Å². The molecule has 6 heteroatoms. The number of amides is 1. The van der Waals surface area contributed by atoms with Gasteiger partial charge in [0.05, 0.1) is 0 Å². The number of aryl methyl sites for hydroxylation is 1. The lowest BCUT2D eigenvalue weighted by molar-refractivity contribution is 0.1000. The number of ether oxygens (including phenoxy) is 1. The first kappa shape index (κ1) is 19.8. The number of benzene rings is 2. The van der Waals surface area contributed by atoms with E-state index >= 15 is 0 Å². The second kappa shape index (κ2) is 9.79. The Morgan fingerprint density at radius 3 is 2.62 bits per heavy atom. The summed E-state index contributed by atoms with van der Waals surface area (Å²) in [7, 11) is 0. The van der Waals surface area contributed by atoms with Crippen LogP contribution < -0.4 is 15.8 Å². The number of nitrogens with two attached hydrogens (primary N) is 1. The number of rotatable bonds is 10. The van der Waals surface area contributed by atoms with E-state index in [2.05, 4.69) is 12.2 Å². The lowest BCUT2D eigenvalue weighted by Gasteiger charge is -2.18. The first-order chi connectivity index (χ1) is 12.4. The minimum Gasteiger partial charge on any atom is -0.508 e. The second-order valence-corrected chi connectivity index (χ2v) is 6.37. The van der Waals surface area contributed by atoms with Gasteiger partial charge in [-0.3, -0.25) is 4.79 Å². The van der Waals surface area contributed by atoms with Gasteiger partial charge in [-0.2, -0.15) is 0 Å². The van der Waals surface area contributed by atoms with Gasteiger partial charge in [-0.1, -0.05) is 18.2 Å². The molecule has 140 valence electrons. The van der Waals surface area contributed by atoms with Gasteiger partial charge in [0.1, 0.15) is 24.2 Å². The summed E-state index contributed by atoms with van der Waals surface area (Å²) in [5.41, 5.74) is 6.87. The zero-order valence-corrected chi connectivity index (χ0v) is 14.9. The average Bonchev–Trinajstić information content (AvgIpc) is 2.63. The number of aromatic hydroxyl groups is 1. The molecular formula is C20H26N2O4. The molecule has 0 aromatic heterocycles. The van der Waals surface area contributed by atoms with Crippen LogP contribution in [-0.4, -0.2) is 41.4 Å². The van der Waals surface area contributed by atoms with Crippen molar-refractivity contribution in [2.75, 3.05) is 13.2 Å². The molecule has 6 nitrogen and oxygen atoms in total. The lowest BCUT2D eigenvalue weighted by Crippen LogP contribution is -2.36. The molecule has 1 amide bonds. The molecule has 2 atom stereocenters. The minimum absolute atomic E-state index is 0.132. The van der Waals surface area contributed by atoms with Gasteiger partial charge in [-0.25, -0.2) is 0 Å². The second-order valence-electron chi connectivity index (χ2n) is 6.37. The maximum absolute atomic E-state index is 11.1. The standard InChI is InChI=1S/C20H26N2O4/c1-14(5-6-15-7-9-16(10-8-15)20(21)25)22-12-18(24)13-26-19-4-2-3-17(23)11-19/h2-4,7-11,14,18,22-24H,5-6,12-13H2,1H3,(H2,21,25)/t14-,18?/m1/s1. The van der Waals surface area contributed by atoms with Crippen LogP contribution in [0.5, 0.6) is 11.5 Å². The van der Waals surface area contributed by atoms with E-state index in [1.54, 1.807) is 30.3 Å². The summed E-state index contributed by atoms with van der Waals surface area (Å²) >= 11 is 0. The molecular weight excluding hydrogens is 332 g/mol. The molecule has 0 saturated heterocycles. The fourth-order valence-corrected chi connectivity index (χ4v) is 2.48. The van der Waals surface area contributed by atoms with Crippen molar-refractivity contribution in [3.8, 4) is 11.5 Å². The molecule has 0 radical (unpaired) electrons. The van der Waals surface area contributed by atoms with Crippen LogP contribution in [0.25, 0.3) is 0 Å². The van der Waals surface area contributed by atoms with Crippen LogP contribution >= 0.6 is 0 Å². The number of nitrogens with one attached hydrogen (secondary N) is 1. The number of aliphatic hydroxyl groups is 1. The van der Waals surface area contributed by atoms with Crippen LogP contribution in [-0.2, 0) is 6.42 Å². The molecule has 2 aromatic rings. The molecule has 26 heavy (non-hydrogen) atoms. The Morgan fingerprint density at radius 2 is 1.96 bits per heavy atom. The average molecular weight is 358 g/mol. The Morgan fingerprint density at radius 1 is 1.23 bits per heavy atom. The van der Waals surface area contributed by atoms with E-state index in [0.29, 0.717) is 17.9 Å². The Labute approximate surface area is 153 Å². The third-order valence-corrected chi connectivity index (χ3v) is 4.07. The van der Waals surface area contributed by atoms with Crippen LogP contribution in [0.4, 0.5) is 0 Å². The highest BCUT2D eigenvalue weighted by Gasteiger charge is 2.09. The van der Waals surface area contributed by atoms with Crippen LogP contribution in [0.3, 0.4) is 0 Å². The third kappa shape index (κ3) is 6.74. The number of carbonyl (C=O) groups is 1. The van der Waals surface area contributed by atoms with Crippen molar-refractivity contribution in [3.05, 3.63) is 59.7 Å². The topological polar surface area (TPSA) is 105 Å². The number of hydrogen-bond donors (Lipinski definition) is 4. The van der Waals surface area contributed by atoms with Crippen LogP contribution in [0, 0.1) is 0 Å². The summed E-state index contributed by atoms with van der Waals surface area (Å²) in [5, 5.41) is 22.7. The van der Waals surface area contributed by atoms with Crippen LogP contribution in [0.1, 0.15) is 29.3 Å². The monoisotopic (exact) mass is 358 g/mol. The maximum atomic E-state index is 11.1. The van der Waals surface area contributed by atoms with Crippen LogP contribution in [0.15, 0.2) is 48.5 Å². The molecule has 0 aliphatic rings. The predicted molar refractivity (Wildman–Crippen MR) is 100 cm³/mol. The summed E-state index contributed by atoms with van der Waals surface area (Å²) in [5.74, 6) is 0.234. The zero-order chi connectivity index (χ0) is 18.9. The summed E-state index contributed by atoms with van der Waals surface area (Å²) in [6, 6.07) is 14.0.